The van der Waals surface area contributed by atoms with Crippen molar-refractivity contribution < 1.29 is 9.47 Å². The van der Waals surface area contributed by atoms with Gasteiger partial charge in [0.2, 0.25) is 0 Å². The van der Waals surface area contributed by atoms with Crippen LogP contribution >= 0.6 is 11.8 Å². The summed E-state index contributed by atoms with van der Waals surface area (Å²) in [5.41, 5.74) is 6.86. The number of nitrogens with two attached hydrogens (primary N) is 1. The predicted molar refractivity (Wildman–Crippen MR) is 94.4 cm³/mol. The standard InChI is InChI=1S/C16H16N4O3S/c1-22-11-5-4-6-12(23-2)14(11)20-13(21)7-10(17)9-8-18-16(24-3)19-15(9)20/h4-8H,17H2,1-3H3. The number of aromatic nitrogens is 3. The Bertz CT molecular complexity index is 949. The molecule has 2 N–H and O–H groups in total. The van der Waals surface area contributed by atoms with E-state index in [1.807, 2.05) is 6.26 Å². The van der Waals surface area contributed by atoms with Gasteiger partial charge in [0, 0.05) is 18.0 Å². The first-order valence-electron chi connectivity index (χ1n) is 7.04. The van der Waals surface area contributed by atoms with Gasteiger partial charge in [0.1, 0.15) is 17.2 Å². The zero-order valence-electron chi connectivity index (χ0n) is 13.4. The van der Waals surface area contributed by atoms with Crippen LogP contribution in [0.5, 0.6) is 11.5 Å². The number of fused-ring (bicyclic) bond motifs is 1. The molecule has 2 aromatic heterocycles. The molecular weight excluding hydrogens is 328 g/mol. The highest BCUT2D eigenvalue weighted by Crippen LogP contribution is 2.33. The summed E-state index contributed by atoms with van der Waals surface area (Å²) < 4.78 is 12.3. The zero-order valence-corrected chi connectivity index (χ0v) is 14.3. The number of benzene rings is 1. The third-order valence-corrected chi connectivity index (χ3v) is 4.14. The topological polar surface area (TPSA) is 92.3 Å². The van der Waals surface area contributed by atoms with Crippen LogP contribution in [0.15, 0.2) is 40.4 Å². The van der Waals surface area contributed by atoms with E-state index in [0.717, 1.165) is 0 Å². The van der Waals surface area contributed by atoms with Crippen LogP contribution in [0, 0.1) is 0 Å². The van der Waals surface area contributed by atoms with Crippen LogP contribution in [0.3, 0.4) is 0 Å². The molecule has 0 bridgehead atoms. The minimum atomic E-state index is -0.325. The average Bonchev–Trinajstić information content (AvgIpc) is 2.61. The summed E-state index contributed by atoms with van der Waals surface area (Å²) in [6, 6.07) is 6.64. The summed E-state index contributed by atoms with van der Waals surface area (Å²) in [5, 5.41) is 1.12. The van der Waals surface area contributed by atoms with Gasteiger partial charge >= 0.3 is 0 Å². The van der Waals surface area contributed by atoms with Gasteiger partial charge in [0.25, 0.3) is 5.56 Å². The summed E-state index contributed by atoms with van der Waals surface area (Å²) in [7, 11) is 3.07. The van der Waals surface area contributed by atoms with E-state index in [1.54, 1.807) is 24.4 Å². The Morgan fingerprint density at radius 3 is 2.46 bits per heavy atom. The fourth-order valence-corrected chi connectivity index (χ4v) is 2.81. The molecule has 0 spiro atoms. The van der Waals surface area contributed by atoms with Crippen molar-refractivity contribution in [1.29, 1.82) is 0 Å². The summed E-state index contributed by atoms with van der Waals surface area (Å²) in [6.07, 6.45) is 3.47. The van der Waals surface area contributed by atoms with Crippen LogP contribution < -0.4 is 20.8 Å². The van der Waals surface area contributed by atoms with Crippen LogP contribution in [0.1, 0.15) is 0 Å². The number of para-hydroxylation sites is 1. The van der Waals surface area contributed by atoms with Crippen molar-refractivity contribution in [2.45, 2.75) is 5.16 Å². The molecule has 0 fully saturated rings. The van der Waals surface area contributed by atoms with Gasteiger partial charge in [0.05, 0.1) is 19.6 Å². The van der Waals surface area contributed by atoms with Crippen LogP contribution in [0.4, 0.5) is 5.69 Å². The second-order valence-electron chi connectivity index (χ2n) is 4.88. The van der Waals surface area contributed by atoms with E-state index < -0.39 is 0 Å². The summed E-state index contributed by atoms with van der Waals surface area (Å²) in [6.45, 7) is 0. The monoisotopic (exact) mass is 344 g/mol. The molecule has 0 aliphatic rings. The first kappa shape index (κ1) is 16.1. The largest absolute Gasteiger partial charge is 0.494 e. The number of thioether (sulfide) groups is 1. The normalized spacial score (nSPS) is 10.8. The lowest BCUT2D eigenvalue weighted by Gasteiger charge is -2.17. The maximum Gasteiger partial charge on any atom is 0.259 e. The molecule has 8 heteroatoms. The predicted octanol–water partition coefficient (Wildman–Crippen LogP) is 2.10. The van der Waals surface area contributed by atoms with Gasteiger partial charge in [0.15, 0.2) is 10.8 Å². The number of methoxy groups -OCH3 is 2. The molecule has 0 aliphatic heterocycles. The number of pyridine rings is 1. The minimum absolute atomic E-state index is 0.325. The number of nitrogen functional groups attached to an aromatic ring is 1. The second-order valence-corrected chi connectivity index (χ2v) is 5.65. The Morgan fingerprint density at radius 1 is 1.21 bits per heavy atom. The number of hydrogen-bond acceptors (Lipinski definition) is 7. The second kappa shape index (κ2) is 6.40. The van der Waals surface area contributed by atoms with Gasteiger partial charge in [-0.15, -0.1) is 0 Å². The van der Waals surface area contributed by atoms with Gasteiger partial charge in [-0.25, -0.2) is 9.97 Å². The first-order chi connectivity index (χ1) is 11.6. The van der Waals surface area contributed by atoms with Crippen molar-refractivity contribution in [3.05, 3.63) is 40.8 Å². The van der Waals surface area contributed by atoms with Crippen molar-refractivity contribution >= 4 is 28.5 Å². The molecule has 0 amide bonds. The van der Waals surface area contributed by atoms with Gasteiger partial charge in [-0.2, -0.15) is 0 Å². The maximum atomic E-state index is 12.7. The van der Waals surface area contributed by atoms with E-state index in [4.69, 9.17) is 15.2 Å². The fourth-order valence-electron chi connectivity index (χ4n) is 2.48. The Labute approximate surface area is 142 Å². The summed E-state index contributed by atoms with van der Waals surface area (Å²) in [5.74, 6) is 0.985. The average molecular weight is 344 g/mol. The fraction of sp³-hybridized carbons (Fsp3) is 0.188. The highest BCUT2D eigenvalue weighted by molar-refractivity contribution is 7.98. The Morgan fingerprint density at radius 2 is 1.88 bits per heavy atom. The lowest BCUT2D eigenvalue weighted by molar-refractivity contribution is 0.391. The summed E-state index contributed by atoms with van der Waals surface area (Å²) >= 11 is 1.38. The maximum absolute atomic E-state index is 12.7. The van der Waals surface area contributed by atoms with Crippen LogP contribution in [0.25, 0.3) is 16.7 Å². The van der Waals surface area contributed by atoms with Crippen molar-refractivity contribution in [2.75, 3.05) is 26.2 Å². The molecule has 1 aromatic carbocycles. The molecule has 0 aliphatic carbocycles. The Balaban J connectivity index is 2.49. The first-order valence-corrected chi connectivity index (χ1v) is 8.26. The van der Waals surface area contributed by atoms with Crippen molar-refractivity contribution in [1.82, 2.24) is 14.5 Å². The number of hydrogen-bond donors (Lipinski definition) is 1. The van der Waals surface area contributed by atoms with E-state index in [-0.39, 0.29) is 5.56 Å². The third-order valence-electron chi connectivity index (χ3n) is 3.58. The quantitative estimate of drug-likeness (QED) is 0.572. The van der Waals surface area contributed by atoms with Gasteiger partial charge < -0.3 is 15.2 Å². The van der Waals surface area contributed by atoms with Crippen LogP contribution in [-0.4, -0.2) is 35.0 Å². The van der Waals surface area contributed by atoms with Gasteiger partial charge in [-0.05, 0) is 18.4 Å². The van der Waals surface area contributed by atoms with E-state index >= 15 is 0 Å². The Kier molecular flexibility index (Phi) is 4.30. The minimum Gasteiger partial charge on any atom is -0.494 e. The molecule has 124 valence electrons. The molecule has 7 nitrogen and oxygen atoms in total. The number of anilines is 1. The molecule has 0 atom stereocenters. The van der Waals surface area contributed by atoms with Gasteiger partial charge in [-0.1, -0.05) is 17.8 Å². The molecule has 3 rings (SSSR count). The summed E-state index contributed by atoms with van der Waals surface area (Å²) in [4.78, 5) is 21.4. The molecule has 0 saturated heterocycles. The lowest BCUT2D eigenvalue weighted by atomic mass is 10.2. The van der Waals surface area contributed by atoms with E-state index in [0.29, 0.717) is 39.1 Å². The van der Waals surface area contributed by atoms with E-state index in [2.05, 4.69) is 9.97 Å². The molecule has 0 saturated carbocycles. The molecule has 0 unspecified atom stereocenters. The molecular formula is C16H16N4O3S. The number of nitrogens with zero attached hydrogens (tertiary/aromatic N) is 3. The van der Waals surface area contributed by atoms with Crippen molar-refractivity contribution in [3.8, 4) is 17.2 Å². The highest BCUT2D eigenvalue weighted by Gasteiger charge is 2.18. The number of ether oxygens (including phenoxy) is 2. The van der Waals surface area contributed by atoms with Crippen LogP contribution in [0.2, 0.25) is 0 Å². The zero-order chi connectivity index (χ0) is 17.3. The van der Waals surface area contributed by atoms with E-state index in [1.165, 1.54) is 36.6 Å². The highest BCUT2D eigenvalue weighted by atomic mass is 32.2. The molecule has 2 heterocycles. The Hall–Kier alpha value is -2.74. The molecule has 24 heavy (non-hydrogen) atoms. The SMILES string of the molecule is COc1cccc(OC)c1-n1c(=O)cc(N)c2cnc(SC)nc21. The van der Waals surface area contributed by atoms with Crippen molar-refractivity contribution in [2.24, 2.45) is 0 Å². The smallest absolute Gasteiger partial charge is 0.259 e. The molecule has 0 radical (unpaired) electrons. The number of rotatable bonds is 4. The van der Waals surface area contributed by atoms with E-state index in [9.17, 15) is 4.79 Å². The lowest BCUT2D eigenvalue weighted by Crippen LogP contribution is -2.21. The van der Waals surface area contributed by atoms with Gasteiger partial charge in [-0.3, -0.25) is 9.36 Å². The van der Waals surface area contributed by atoms with Crippen LogP contribution in [-0.2, 0) is 0 Å². The molecule has 3 aromatic rings. The third kappa shape index (κ3) is 2.54. The van der Waals surface area contributed by atoms with Crippen molar-refractivity contribution in [3.63, 3.8) is 0 Å².